The lowest BCUT2D eigenvalue weighted by atomic mass is 9.85. The van der Waals surface area contributed by atoms with E-state index in [0.29, 0.717) is 0 Å². The van der Waals surface area contributed by atoms with Crippen LogP contribution < -0.4 is 0 Å². The van der Waals surface area contributed by atoms with Gasteiger partial charge >= 0.3 is 0 Å². The van der Waals surface area contributed by atoms with Crippen molar-refractivity contribution in [3.05, 3.63) is 115 Å². The summed E-state index contributed by atoms with van der Waals surface area (Å²) < 4.78 is 0. The molecular weight excluding hydrogens is 434 g/mol. The third-order valence-corrected chi connectivity index (χ3v) is 7.65. The molecule has 0 fully saturated rings. The standard InChI is InChI=1S/C35H27N/c1-35(2,3)24-14-17-25-22(20-24)12-16-32-31(25)18-19-36-34(32)23-13-15-30-28-10-5-4-8-26(28)27-9-6-7-11-29(27)33(30)21-23/h4-21H,1-3H3. The topological polar surface area (TPSA) is 12.9 Å². The Balaban J connectivity index is 1.50. The molecule has 0 bridgehead atoms. The van der Waals surface area contributed by atoms with Gasteiger partial charge < -0.3 is 0 Å². The van der Waals surface area contributed by atoms with Gasteiger partial charge in [-0.15, -0.1) is 0 Å². The van der Waals surface area contributed by atoms with Crippen LogP contribution in [0, 0.1) is 0 Å². The third-order valence-electron chi connectivity index (χ3n) is 7.65. The number of aromatic nitrogens is 1. The molecule has 36 heavy (non-hydrogen) atoms. The molecule has 0 atom stereocenters. The summed E-state index contributed by atoms with van der Waals surface area (Å²) >= 11 is 0. The number of nitrogens with zero attached hydrogens (tertiary/aromatic N) is 1. The van der Waals surface area contributed by atoms with Gasteiger partial charge in [-0.1, -0.05) is 112 Å². The van der Waals surface area contributed by atoms with Gasteiger partial charge in [-0.25, -0.2) is 0 Å². The molecule has 0 saturated heterocycles. The summed E-state index contributed by atoms with van der Waals surface area (Å²) in [5.74, 6) is 0. The van der Waals surface area contributed by atoms with E-state index >= 15 is 0 Å². The van der Waals surface area contributed by atoms with Crippen molar-refractivity contribution < 1.29 is 0 Å². The Labute approximate surface area is 211 Å². The van der Waals surface area contributed by atoms with Gasteiger partial charge in [0.1, 0.15) is 0 Å². The molecule has 1 heteroatoms. The fourth-order valence-electron chi connectivity index (χ4n) is 5.75. The van der Waals surface area contributed by atoms with Crippen LogP contribution in [0.1, 0.15) is 26.3 Å². The minimum atomic E-state index is 0.130. The molecule has 0 aliphatic heterocycles. The van der Waals surface area contributed by atoms with Gasteiger partial charge in [-0.05, 0) is 71.6 Å². The molecule has 1 aromatic heterocycles. The smallest absolute Gasteiger partial charge is 0.0780 e. The van der Waals surface area contributed by atoms with E-state index in [2.05, 4.69) is 124 Å². The maximum atomic E-state index is 4.89. The van der Waals surface area contributed by atoms with Crippen LogP contribution in [0.5, 0.6) is 0 Å². The summed E-state index contributed by atoms with van der Waals surface area (Å²) in [6.07, 6.45) is 1.96. The van der Waals surface area contributed by atoms with Crippen molar-refractivity contribution in [2.24, 2.45) is 0 Å². The first-order valence-electron chi connectivity index (χ1n) is 12.6. The molecule has 7 rings (SSSR count). The molecule has 0 aliphatic carbocycles. The van der Waals surface area contributed by atoms with Crippen LogP contribution in [0.2, 0.25) is 0 Å². The predicted octanol–water partition coefficient (Wildman–Crippen LogP) is 9.81. The highest BCUT2D eigenvalue weighted by molar-refractivity contribution is 6.26. The van der Waals surface area contributed by atoms with Gasteiger partial charge in [-0.2, -0.15) is 0 Å². The number of hydrogen-bond donors (Lipinski definition) is 0. The van der Waals surface area contributed by atoms with Crippen molar-refractivity contribution in [2.75, 3.05) is 0 Å². The van der Waals surface area contributed by atoms with E-state index in [-0.39, 0.29) is 5.41 Å². The van der Waals surface area contributed by atoms with Crippen molar-refractivity contribution in [2.45, 2.75) is 26.2 Å². The monoisotopic (exact) mass is 461 g/mol. The predicted molar refractivity (Wildman–Crippen MR) is 156 cm³/mol. The van der Waals surface area contributed by atoms with E-state index in [4.69, 9.17) is 4.98 Å². The van der Waals surface area contributed by atoms with Gasteiger partial charge in [0.25, 0.3) is 0 Å². The fraction of sp³-hybridized carbons (Fsp3) is 0.114. The highest BCUT2D eigenvalue weighted by atomic mass is 14.7. The molecule has 0 amide bonds. The first-order valence-corrected chi connectivity index (χ1v) is 12.6. The lowest BCUT2D eigenvalue weighted by Crippen LogP contribution is -2.10. The Morgan fingerprint density at radius 3 is 1.69 bits per heavy atom. The lowest BCUT2D eigenvalue weighted by Gasteiger charge is -2.20. The average Bonchev–Trinajstić information content (AvgIpc) is 2.91. The number of benzene rings is 6. The molecule has 172 valence electrons. The summed E-state index contributed by atoms with van der Waals surface area (Å²) in [4.78, 5) is 4.89. The second-order valence-corrected chi connectivity index (χ2v) is 10.9. The number of pyridine rings is 1. The molecule has 1 heterocycles. The molecule has 6 aromatic carbocycles. The van der Waals surface area contributed by atoms with Gasteiger partial charge in [0.15, 0.2) is 0 Å². The highest BCUT2D eigenvalue weighted by Crippen LogP contribution is 2.39. The summed E-state index contributed by atoms with van der Waals surface area (Å²) in [5, 5.41) is 12.7. The van der Waals surface area contributed by atoms with Crippen molar-refractivity contribution in [3.8, 4) is 11.3 Å². The van der Waals surface area contributed by atoms with E-state index in [9.17, 15) is 0 Å². The largest absolute Gasteiger partial charge is 0.256 e. The van der Waals surface area contributed by atoms with Gasteiger partial charge in [0, 0.05) is 17.1 Å². The van der Waals surface area contributed by atoms with Crippen LogP contribution in [-0.2, 0) is 5.41 Å². The normalized spacial score (nSPS) is 12.3. The second-order valence-electron chi connectivity index (χ2n) is 10.9. The minimum Gasteiger partial charge on any atom is -0.256 e. The number of fused-ring (bicyclic) bond motifs is 9. The quantitative estimate of drug-likeness (QED) is 0.222. The van der Waals surface area contributed by atoms with Crippen LogP contribution in [0.4, 0.5) is 0 Å². The second kappa shape index (κ2) is 7.63. The van der Waals surface area contributed by atoms with Crippen LogP contribution in [0.3, 0.4) is 0 Å². The number of hydrogen-bond acceptors (Lipinski definition) is 1. The van der Waals surface area contributed by atoms with Crippen molar-refractivity contribution >= 4 is 53.9 Å². The van der Waals surface area contributed by atoms with Gasteiger partial charge in [0.2, 0.25) is 0 Å². The van der Waals surface area contributed by atoms with E-state index in [1.165, 1.54) is 59.4 Å². The zero-order valence-electron chi connectivity index (χ0n) is 20.8. The van der Waals surface area contributed by atoms with Crippen LogP contribution >= 0.6 is 0 Å². The van der Waals surface area contributed by atoms with E-state index in [0.717, 1.165) is 11.3 Å². The SMILES string of the molecule is CC(C)(C)c1ccc2c(ccc3c(-c4ccc5c6ccccc6c6ccccc6c5c4)nccc32)c1. The lowest BCUT2D eigenvalue weighted by molar-refractivity contribution is 0.591. The Bertz CT molecular complexity index is 1940. The van der Waals surface area contributed by atoms with Crippen molar-refractivity contribution in [1.29, 1.82) is 0 Å². The zero-order chi connectivity index (χ0) is 24.4. The van der Waals surface area contributed by atoms with E-state index in [1.54, 1.807) is 0 Å². The maximum absolute atomic E-state index is 4.89. The summed E-state index contributed by atoms with van der Waals surface area (Å²) in [7, 11) is 0. The molecule has 0 N–H and O–H groups in total. The molecule has 0 radical (unpaired) electrons. The third kappa shape index (κ3) is 3.13. The molecule has 0 unspecified atom stereocenters. The first-order chi connectivity index (χ1) is 17.5. The minimum absolute atomic E-state index is 0.130. The molecular formula is C35H27N. The Hall–Kier alpha value is -4.23. The number of rotatable bonds is 1. The summed E-state index contributed by atoms with van der Waals surface area (Å²) in [6, 6.07) is 37.8. The van der Waals surface area contributed by atoms with Crippen molar-refractivity contribution in [1.82, 2.24) is 4.98 Å². The van der Waals surface area contributed by atoms with E-state index in [1.807, 2.05) is 6.20 Å². The Kier molecular flexibility index (Phi) is 4.47. The van der Waals surface area contributed by atoms with Crippen LogP contribution in [0.15, 0.2) is 109 Å². The van der Waals surface area contributed by atoms with E-state index < -0.39 is 0 Å². The average molecular weight is 462 g/mol. The van der Waals surface area contributed by atoms with Crippen LogP contribution in [0.25, 0.3) is 65.1 Å². The maximum Gasteiger partial charge on any atom is 0.0780 e. The van der Waals surface area contributed by atoms with Crippen LogP contribution in [-0.4, -0.2) is 4.98 Å². The van der Waals surface area contributed by atoms with Gasteiger partial charge in [0.05, 0.1) is 5.69 Å². The molecule has 0 saturated carbocycles. The first kappa shape index (κ1) is 21.1. The summed E-state index contributed by atoms with van der Waals surface area (Å²) in [6.45, 7) is 6.80. The highest BCUT2D eigenvalue weighted by Gasteiger charge is 2.16. The molecule has 7 aromatic rings. The molecule has 1 nitrogen and oxygen atoms in total. The zero-order valence-corrected chi connectivity index (χ0v) is 20.8. The molecule has 0 aliphatic rings. The van der Waals surface area contributed by atoms with Gasteiger partial charge in [-0.3, -0.25) is 4.98 Å². The summed E-state index contributed by atoms with van der Waals surface area (Å²) in [5.41, 5.74) is 3.68. The fourth-order valence-corrected chi connectivity index (χ4v) is 5.75. The molecule has 0 spiro atoms. The van der Waals surface area contributed by atoms with Crippen molar-refractivity contribution in [3.63, 3.8) is 0 Å². The Morgan fingerprint density at radius 2 is 1.03 bits per heavy atom. The Morgan fingerprint density at radius 1 is 0.472 bits per heavy atom.